The Balaban J connectivity index is 1.35. The van der Waals surface area contributed by atoms with Gasteiger partial charge in [0, 0.05) is 56.2 Å². The fraction of sp³-hybridized carbons (Fsp3) is 0.600. The highest BCUT2D eigenvalue weighted by Crippen LogP contribution is 2.26. The highest BCUT2D eigenvalue weighted by atomic mass is 32.2. The number of carbonyl (C=O) groups is 2. The van der Waals surface area contributed by atoms with Crippen molar-refractivity contribution in [2.75, 3.05) is 32.5 Å². The van der Waals surface area contributed by atoms with Gasteiger partial charge in [-0.1, -0.05) is 5.92 Å². The third-order valence-corrected chi connectivity index (χ3v) is 8.99. The highest BCUT2D eigenvalue weighted by Gasteiger charge is 2.45. The lowest BCUT2D eigenvalue weighted by Crippen LogP contribution is -2.52. The molecular formula is C25H31FN4O6S. The molecule has 3 unspecified atom stereocenters. The Hall–Kier alpha value is -2.90. The van der Waals surface area contributed by atoms with E-state index in [0.29, 0.717) is 37.3 Å². The molecule has 0 saturated carbocycles. The van der Waals surface area contributed by atoms with Gasteiger partial charge in [0.2, 0.25) is 0 Å². The molecule has 0 bridgehead atoms. The van der Waals surface area contributed by atoms with Crippen LogP contribution in [0.5, 0.6) is 0 Å². The van der Waals surface area contributed by atoms with Crippen molar-refractivity contribution in [3.63, 3.8) is 0 Å². The number of aromatic nitrogens is 1. The molecule has 0 aromatic carbocycles. The van der Waals surface area contributed by atoms with Crippen LogP contribution in [0.4, 0.5) is 9.18 Å². The van der Waals surface area contributed by atoms with Gasteiger partial charge in [0.15, 0.2) is 26.5 Å². The molecule has 1 aromatic heterocycles. The predicted molar refractivity (Wildman–Crippen MR) is 132 cm³/mol. The maximum atomic E-state index is 14.2. The second-order valence-electron chi connectivity index (χ2n) is 9.78. The van der Waals surface area contributed by atoms with Crippen molar-refractivity contribution in [2.24, 2.45) is 0 Å². The molecule has 2 N–H and O–H groups in total. The summed E-state index contributed by atoms with van der Waals surface area (Å²) >= 11 is 0. The van der Waals surface area contributed by atoms with Gasteiger partial charge in [0.05, 0.1) is 6.54 Å². The van der Waals surface area contributed by atoms with Gasteiger partial charge in [0.25, 0.3) is 5.91 Å². The molecule has 200 valence electrons. The summed E-state index contributed by atoms with van der Waals surface area (Å²) in [6.07, 6.45) is 4.53. The Morgan fingerprint density at radius 2 is 2.22 bits per heavy atom. The summed E-state index contributed by atoms with van der Waals surface area (Å²) < 4.78 is 44.4. The van der Waals surface area contributed by atoms with Crippen LogP contribution in [0, 0.1) is 23.7 Å². The van der Waals surface area contributed by atoms with E-state index in [1.165, 1.54) is 16.4 Å². The Morgan fingerprint density at radius 1 is 1.41 bits per heavy atom. The van der Waals surface area contributed by atoms with Gasteiger partial charge in [-0.2, -0.15) is 0 Å². The average Bonchev–Trinajstić information content (AvgIpc) is 3.55. The molecule has 0 spiro atoms. The number of sulfone groups is 1. The van der Waals surface area contributed by atoms with Crippen LogP contribution >= 0.6 is 0 Å². The fourth-order valence-electron chi connectivity index (χ4n) is 4.33. The molecule has 0 aliphatic carbocycles. The maximum Gasteiger partial charge on any atom is 0.328 e. The first-order valence-corrected chi connectivity index (χ1v) is 14.1. The number of ether oxygens (including phenoxy) is 1. The van der Waals surface area contributed by atoms with Gasteiger partial charge >= 0.3 is 6.03 Å². The van der Waals surface area contributed by atoms with Gasteiger partial charge in [-0.25, -0.2) is 27.9 Å². The molecule has 2 saturated heterocycles. The summed E-state index contributed by atoms with van der Waals surface area (Å²) in [5.41, 5.74) is 1.93. The van der Waals surface area contributed by atoms with E-state index in [1.54, 1.807) is 12.3 Å². The maximum absolute atomic E-state index is 14.2. The number of alkyl halides is 1. The Labute approximate surface area is 216 Å². The van der Waals surface area contributed by atoms with Crippen LogP contribution in [0.2, 0.25) is 0 Å². The molecule has 3 atom stereocenters. The van der Waals surface area contributed by atoms with E-state index in [9.17, 15) is 22.4 Å². The minimum absolute atomic E-state index is 0.0382. The second-order valence-corrected chi connectivity index (χ2v) is 12.2. The molecule has 1 aromatic rings. The van der Waals surface area contributed by atoms with Crippen molar-refractivity contribution in [3.05, 3.63) is 23.5 Å². The molecule has 3 aliphatic heterocycles. The summed E-state index contributed by atoms with van der Waals surface area (Å²) in [5.74, 6) is 9.74. The molecule has 10 nitrogen and oxygen atoms in total. The molecule has 0 radical (unpaired) electrons. The minimum Gasteiger partial charge on any atom is -0.350 e. The topological polar surface area (TPSA) is 119 Å². The van der Waals surface area contributed by atoms with Gasteiger partial charge in [-0.3, -0.25) is 9.36 Å². The lowest BCUT2D eigenvalue weighted by molar-refractivity contribution is -0.201. The summed E-state index contributed by atoms with van der Waals surface area (Å²) in [7, 11) is -3.85. The number of nitrogens with one attached hydrogen (secondary N) is 2. The number of hydroxylamine groups is 1. The summed E-state index contributed by atoms with van der Waals surface area (Å²) in [5, 5.41) is 2.92. The SMILES string of the molecule is CC(CCN1Cc2cc(C#CC#CC3(F)CCNC3)cn2C1=O)(C(=O)NOC1CCCCO1)S(C)(=O)=O. The summed E-state index contributed by atoms with van der Waals surface area (Å²) in [6.45, 7) is 2.88. The van der Waals surface area contributed by atoms with Crippen LogP contribution in [0.15, 0.2) is 12.3 Å². The lowest BCUT2D eigenvalue weighted by atomic mass is 10.1. The molecule has 4 rings (SSSR count). The third-order valence-electron chi connectivity index (χ3n) is 6.97. The van der Waals surface area contributed by atoms with Crippen molar-refractivity contribution in [3.8, 4) is 23.7 Å². The first kappa shape index (κ1) is 27.1. The van der Waals surface area contributed by atoms with E-state index in [2.05, 4.69) is 34.5 Å². The van der Waals surface area contributed by atoms with Gasteiger partial charge in [0.1, 0.15) is 0 Å². The van der Waals surface area contributed by atoms with Crippen molar-refractivity contribution in [2.45, 2.75) is 62.3 Å². The van der Waals surface area contributed by atoms with Crippen LogP contribution in [0.25, 0.3) is 0 Å². The molecule has 37 heavy (non-hydrogen) atoms. The Bertz CT molecular complexity index is 1280. The fourth-order valence-corrected chi connectivity index (χ4v) is 5.17. The molecule has 12 heteroatoms. The van der Waals surface area contributed by atoms with E-state index in [0.717, 1.165) is 19.1 Å². The first-order chi connectivity index (χ1) is 17.5. The number of nitrogens with zero attached hydrogens (tertiary/aromatic N) is 2. The zero-order valence-electron chi connectivity index (χ0n) is 20.9. The third kappa shape index (κ3) is 6.16. The molecular weight excluding hydrogens is 503 g/mol. The number of fused-ring (bicyclic) bond motifs is 1. The summed E-state index contributed by atoms with van der Waals surface area (Å²) in [4.78, 5) is 32.5. The normalized spacial score (nSPS) is 24.9. The number of hydrogen-bond acceptors (Lipinski definition) is 7. The van der Waals surface area contributed by atoms with Crippen molar-refractivity contribution in [1.82, 2.24) is 20.3 Å². The summed E-state index contributed by atoms with van der Waals surface area (Å²) in [6, 6.07) is 1.38. The van der Waals surface area contributed by atoms with E-state index >= 15 is 0 Å². The Morgan fingerprint density at radius 3 is 2.86 bits per heavy atom. The van der Waals surface area contributed by atoms with Crippen molar-refractivity contribution >= 4 is 21.8 Å². The highest BCUT2D eigenvalue weighted by molar-refractivity contribution is 7.92. The quantitative estimate of drug-likeness (QED) is 0.397. The van der Waals surface area contributed by atoms with Crippen LogP contribution in [-0.2, 0) is 30.8 Å². The van der Waals surface area contributed by atoms with Crippen LogP contribution < -0.4 is 10.8 Å². The van der Waals surface area contributed by atoms with Crippen molar-refractivity contribution in [1.29, 1.82) is 0 Å². The first-order valence-electron chi connectivity index (χ1n) is 12.2. The number of hydrogen-bond donors (Lipinski definition) is 2. The van der Waals surface area contributed by atoms with Gasteiger partial charge in [-0.15, -0.1) is 0 Å². The van der Waals surface area contributed by atoms with Crippen LogP contribution in [0.3, 0.4) is 0 Å². The number of amides is 2. The number of rotatable bonds is 7. The zero-order chi connectivity index (χ0) is 26.7. The van der Waals surface area contributed by atoms with Gasteiger partial charge < -0.3 is 15.0 Å². The smallest absolute Gasteiger partial charge is 0.328 e. The van der Waals surface area contributed by atoms with E-state index in [1.807, 2.05) is 0 Å². The number of halogens is 1. The average molecular weight is 535 g/mol. The largest absolute Gasteiger partial charge is 0.350 e. The minimum atomic E-state index is -3.85. The molecule has 3 aliphatic rings. The van der Waals surface area contributed by atoms with Crippen LogP contribution in [-0.4, -0.2) is 79.0 Å². The van der Waals surface area contributed by atoms with Crippen LogP contribution in [0.1, 0.15) is 50.3 Å². The lowest BCUT2D eigenvalue weighted by Gasteiger charge is -2.29. The second kappa shape index (κ2) is 10.8. The number of carbonyl (C=O) groups excluding carboxylic acids is 2. The van der Waals surface area contributed by atoms with E-state index < -0.39 is 32.5 Å². The Kier molecular flexibility index (Phi) is 7.95. The van der Waals surface area contributed by atoms with Gasteiger partial charge in [-0.05, 0) is 56.6 Å². The standard InChI is InChI=1S/C25H31FN4O6S/c1-24(37(2,33)34,22(31)28-36-21-8-4-6-14-35-21)11-13-29-17-20-15-19(16-30(20)23(29)32)7-3-5-9-25(26)10-12-27-18-25/h15-16,21,27H,4,6,8,10-14,17-18H2,1-2H3,(H,28,31). The molecule has 2 amide bonds. The predicted octanol–water partition coefficient (Wildman–Crippen LogP) is 1.10. The van der Waals surface area contributed by atoms with E-state index in [-0.39, 0.29) is 32.1 Å². The van der Waals surface area contributed by atoms with Crippen molar-refractivity contribution < 1.29 is 32.0 Å². The van der Waals surface area contributed by atoms with E-state index in [4.69, 9.17) is 9.57 Å². The monoisotopic (exact) mass is 534 g/mol. The molecule has 4 heterocycles. The zero-order valence-corrected chi connectivity index (χ0v) is 21.7. The molecule has 2 fully saturated rings.